The van der Waals surface area contributed by atoms with E-state index in [1.54, 1.807) is 6.07 Å². The Morgan fingerprint density at radius 2 is 2.46 bits per heavy atom. The Bertz CT molecular complexity index is 366. The smallest absolute Gasteiger partial charge is 0.153 e. The van der Waals surface area contributed by atoms with Crippen LogP contribution in [0.1, 0.15) is 5.69 Å². The van der Waals surface area contributed by atoms with Crippen LogP contribution in [0.4, 0.5) is 11.5 Å². The van der Waals surface area contributed by atoms with Gasteiger partial charge in [0.1, 0.15) is 11.8 Å². The first kappa shape index (κ1) is 7.87. The summed E-state index contributed by atoms with van der Waals surface area (Å²) in [7, 11) is 1.98. The molecule has 2 rings (SSSR count). The van der Waals surface area contributed by atoms with Gasteiger partial charge in [0, 0.05) is 20.1 Å². The largest absolute Gasteiger partial charge is 0.380 e. The van der Waals surface area contributed by atoms with Crippen LogP contribution in [-0.2, 0) is 0 Å². The second kappa shape index (κ2) is 2.94. The van der Waals surface area contributed by atoms with Crippen molar-refractivity contribution in [1.82, 2.24) is 4.98 Å². The fourth-order valence-corrected chi connectivity index (χ4v) is 1.40. The summed E-state index contributed by atoms with van der Waals surface area (Å²) in [6, 6.07) is 5.66. The van der Waals surface area contributed by atoms with Crippen LogP contribution >= 0.6 is 0 Å². The molecule has 4 nitrogen and oxygen atoms in total. The molecule has 0 spiro atoms. The third kappa shape index (κ3) is 1.29. The first-order valence-corrected chi connectivity index (χ1v) is 4.17. The molecular weight excluding hydrogens is 164 g/mol. The molecular formula is C9H10N4. The molecule has 0 atom stereocenters. The van der Waals surface area contributed by atoms with Crippen LogP contribution in [0.2, 0.25) is 0 Å². The molecule has 4 heteroatoms. The third-order valence-corrected chi connectivity index (χ3v) is 2.11. The first-order chi connectivity index (χ1) is 6.31. The minimum atomic E-state index is 0.467. The number of anilines is 2. The van der Waals surface area contributed by atoms with E-state index in [9.17, 15) is 0 Å². The molecule has 0 unspecified atom stereocenters. The molecule has 1 aromatic heterocycles. The van der Waals surface area contributed by atoms with Crippen molar-refractivity contribution in [3.05, 3.63) is 17.8 Å². The number of hydrogen-bond acceptors (Lipinski definition) is 4. The second-order valence-corrected chi connectivity index (χ2v) is 3.03. The monoisotopic (exact) mass is 174 g/mol. The van der Waals surface area contributed by atoms with E-state index < -0.39 is 0 Å². The molecule has 66 valence electrons. The third-order valence-electron chi connectivity index (χ3n) is 2.11. The van der Waals surface area contributed by atoms with E-state index >= 15 is 0 Å². The summed E-state index contributed by atoms with van der Waals surface area (Å²) < 4.78 is 0. The average Bonchev–Trinajstić information content (AvgIpc) is 2.18. The van der Waals surface area contributed by atoms with Gasteiger partial charge in [-0.2, -0.15) is 5.26 Å². The van der Waals surface area contributed by atoms with Gasteiger partial charge in [0.05, 0.1) is 5.69 Å². The van der Waals surface area contributed by atoms with Crippen molar-refractivity contribution in [1.29, 1.82) is 5.26 Å². The number of likely N-dealkylation sites (N-methyl/N-ethyl adjacent to an activating group) is 1. The Balaban J connectivity index is 2.48. The average molecular weight is 174 g/mol. The lowest BCUT2D eigenvalue weighted by Crippen LogP contribution is -2.31. The van der Waals surface area contributed by atoms with Gasteiger partial charge < -0.3 is 10.2 Å². The van der Waals surface area contributed by atoms with Crippen molar-refractivity contribution in [3.63, 3.8) is 0 Å². The SMILES string of the molecule is CN1CCNc2ccc(C#N)nc21. The number of nitrogens with zero attached hydrogens (tertiary/aromatic N) is 3. The predicted molar refractivity (Wildman–Crippen MR) is 50.7 cm³/mol. The molecule has 1 N–H and O–H groups in total. The molecule has 0 amide bonds. The summed E-state index contributed by atoms with van der Waals surface area (Å²) in [5, 5.41) is 11.9. The van der Waals surface area contributed by atoms with Crippen LogP contribution in [0.15, 0.2) is 12.1 Å². The van der Waals surface area contributed by atoms with E-state index in [1.807, 2.05) is 24.1 Å². The number of hydrogen-bond donors (Lipinski definition) is 1. The van der Waals surface area contributed by atoms with Crippen molar-refractivity contribution in [2.45, 2.75) is 0 Å². The number of rotatable bonds is 0. The normalized spacial score (nSPS) is 14.3. The molecule has 0 saturated carbocycles. The summed E-state index contributed by atoms with van der Waals surface area (Å²) in [6.07, 6.45) is 0. The van der Waals surface area contributed by atoms with Crippen LogP contribution < -0.4 is 10.2 Å². The van der Waals surface area contributed by atoms with Gasteiger partial charge in [0.15, 0.2) is 5.82 Å². The fraction of sp³-hybridized carbons (Fsp3) is 0.333. The molecule has 1 aliphatic rings. The van der Waals surface area contributed by atoms with Gasteiger partial charge in [-0.05, 0) is 12.1 Å². The number of nitriles is 1. The predicted octanol–water partition coefficient (Wildman–Crippen LogP) is 0.815. The van der Waals surface area contributed by atoms with Gasteiger partial charge in [-0.25, -0.2) is 4.98 Å². The lowest BCUT2D eigenvalue weighted by molar-refractivity contribution is 0.862. The number of pyridine rings is 1. The molecule has 2 heterocycles. The minimum Gasteiger partial charge on any atom is -0.380 e. The van der Waals surface area contributed by atoms with Crippen molar-refractivity contribution in [2.75, 3.05) is 30.4 Å². The summed E-state index contributed by atoms with van der Waals surface area (Å²) in [4.78, 5) is 6.26. The van der Waals surface area contributed by atoms with Crippen LogP contribution in [0.5, 0.6) is 0 Å². The quantitative estimate of drug-likeness (QED) is 0.632. The molecule has 13 heavy (non-hydrogen) atoms. The zero-order chi connectivity index (χ0) is 9.26. The Morgan fingerprint density at radius 1 is 1.62 bits per heavy atom. The highest BCUT2D eigenvalue weighted by Crippen LogP contribution is 2.25. The summed E-state index contributed by atoms with van der Waals surface area (Å²) in [5.74, 6) is 0.866. The number of aromatic nitrogens is 1. The van der Waals surface area contributed by atoms with Crippen molar-refractivity contribution in [2.24, 2.45) is 0 Å². The molecule has 0 aromatic carbocycles. The van der Waals surface area contributed by atoms with Crippen LogP contribution in [0.3, 0.4) is 0 Å². The maximum absolute atomic E-state index is 8.67. The standard InChI is InChI=1S/C9H10N4/c1-13-5-4-11-8-3-2-7(6-10)12-9(8)13/h2-3,11H,4-5H2,1H3. The van der Waals surface area contributed by atoms with Gasteiger partial charge in [0.25, 0.3) is 0 Å². The zero-order valence-electron chi connectivity index (χ0n) is 7.41. The molecule has 0 saturated heterocycles. The van der Waals surface area contributed by atoms with Gasteiger partial charge >= 0.3 is 0 Å². The Hall–Kier alpha value is -1.76. The highest BCUT2D eigenvalue weighted by molar-refractivity contribution is 5.68. The number of nitrogens with one attached hydrogen (secondary N) is 1. The van der Waals surface area contributed by atoms with Gasteiger partial charge in [-0.15, -0.1) is 0 Å². The lowest BCUT2D eigenvalue weighted by atomic mass is 10.2. The first-order valence-electron chi connectivity index (χ1n) is 4.17. The van der Waals surface area contributed by atoms with E-state index in [4.69, 9.17) is 5.26 Å². The number of fused-ring (bicyclic) bond motifs is 1. The Kier molecular flexibility index (Phi) is 1.78. The molecule has 0 bridgehead atoms. The van der Waals surface area contributed by atoms with E-state index in [1.165, 1.54) is 0 Å². The van der Waals surface area contributed by atoms with E-state index in [0.717, 1.165) is 24.6 Å². The zero-order valence-corrected chi connectivity index (χ0v) is 7.41. The molecule has 1 aliphatic heterocycles. The molecule has 0 aliphatic carbocycles. The van der Waals surface area contributed by atoms with Crippen LogP contribution in [0, 0.1) is 11.3 Å². The molecule has 0 fully saturated rings. The van der Waals surface area contributed by atoms with Crippen LogP contribution in [0.25, 0.3) is 0 Å². The van der Waals surface area contributed by atoms with E-state index in [-0.39, 0.29) is 0 Å². The van der Waals surface area contributed by atoms with Crippen LogP contribution in [-0.4, -0.2) is 25.1 Å². The summed E-state index contributed by atoms with van der Waals surface area (Å²) >= 11 is 0. The highest BCUT2D eigenvalue weighted by atomic mass is 15.2. The minimum absolute atomic E-state index is 0.467. The fourth-order valence-electron chi connectivity index (χ4n) is 1.40. The highest BCUT2D eigenvalue weighted by Gasteiger charge is 2.14. The second-order valence-electron chi connectivity index (χ2n) is 3.03. The van der Waals surface area contributed by atoms with Gasteiger partial charge in [-0.3, -0.25) is 0 Å². The molecule has 1 aromatic rings. The maximum Gasteiger partial charge on any atom is 0.153 e. The summed E-state index contributed by atoms with van der Waals surface area (Å²) in [5.41, 5.74) is 1.47. The van der Waals surface area contributed by atoms with Gasteiger partial charge in [-0.1, -0.05) is 0 Å². The Morgan fingerprint density at radius 3 is 3.23 bits per heavy atom. The van der Waals surface area contributed by atoms with Crippen molar-refractivity contribution < 1.29 is 0 Å². The van der Waals surface area contributed by atoms with Gasteiger partial charge in [0.2, 0.25) is 0 Å². The maximum atomic E-state index is 8.67. The Labute approximate surface area is 76.8 Å². The van der Waals surface area contributed by atoms with Crippen molar-refractivity contribution in [3.8, 4) is 6.07 Å². The van der Waals surface area contributed by atoms with Crippen molar-refractivity contribution >= 4 is 11.5 Å². The summed E-state index contributed by atoms with van der Waals surface area (Å²) in [6.45, 7) is 1.85. The van der Waals surface area contributed by atoms with E-state index in [0.29, 0.717) is 5.69 Å². The van der Waals surface area contributed by atoms with E-state index in [2.05, 4.69) is 10.3 Å². The molecule has 0 radical (unpaired) electrons. The lowest BCUT2D eigenvalue weighted by Gasteiger charge is -2.26. The topological polar surface area (TPSA) is 52.0 Å².